The molecule has 1 atom stereocenters. The summed E-state index contributed by atoms with van der Waals surface area (Å²) in [5.74, 6) is -4.83. The van der Waals surface area contributed by atoms with Crippen molar-refractivity contribution in [2.75, 3.05) is 0 Å². The third-order valence-electron chi connectivity index (χ3n) is 3.65. The van der Waals surface area contributed by atoms with Crippen molar-refractivity contribution in [1.82, 2.24) is 0 Å². The summed E-state index contributed by atoms with van der Waals surface area (Å²) in [6, 6.07) is 1.40. The largest absolute Gasteiger partial charge is 0.462 e. The van der Waals surface area contributed by atoms with E-state index in [9.17, 15) is 22.8 Å². The topological polar surface area (TPSA) is 52.6 Å². The molecule has 0 saturated heterocycles. The third-order valence-corrected chi connectivity index (χ3v) is 3.65. The van der Waals surface area contributed by atoms with Crippen LogP contribution in [-0.4, -0.2) is 18.0 Å². The standard InChI is InChI=1S/C18H23F3O4/c1-4-5-15(11(2)3)25-17(23)9-8-16(22)24-10-12-13(19)6-7-14(20)18(12)21/h6-7,11,15H,4-5,8-10H2,1-3H3. The molecule has 0 radical (unpaired) electrons. The molecule has 0 aliphatic carbocycles. The molecule has 0 bridgehead atoms. The van der Waals surface area contributed by atoms with E-state index in [-0.39, 0.29) is 24.9 Å². The smallest absolute Gasteiger partial charge is 0.306 e. The van der Waals surface area contributed by atoms with Gasteiger partial charge in [-0.15, -0.1) is 0 Å². The highest BCUT2D eigenvalue weighted by atomic mass is 19.2. The Labute approximate surface area is 145 Å². The highest BCUT2D eigenvalue weighted by Crippen LogP contribution is 2.17. The molecule has 0 fully saturated rings. The molecule has 0 heterocycles. The average molecular weight is 360 g/mol. The molecule has 0 N–H and O–H groups in total. The number of carbonyl (C=O) groups excluding carboxylic acids is 2. The first kappa shape index (κ1) is 21.0. The molecule has 1 aromatic carbocycles. The van der Waals surface area contributed by atoms with E-state index in [0.29, 0.717) is 6.07 Å². The van der Waals surface area contributed by atoms with Gasteiger partial charge in [0.2, 0.25) is 0 Å². The van der Waals surface area contributed by atoms with E-state index in [2.05, 4.69) is 0 Å². The SMILES string of the molecule is CCCC(OC(=O)CCC(=O)OCc1c(F)ccc(F)c1F)C(C)C. The quantitative estimate of drug-likeness (QED) is 0.487. The number of hydrogen-bond acceptors (Lipinski definition) is 4. The Balaban J connectivity index is 2.45. The van der Waals surface area contributed by atoms with Gasteiger partial charge in [0.1, 0.15) is 18.5 Å². The molecule has 0 saturated carbocycles. The van der Waals surface area contributed by atoms with Crippen LogP contribution in [0, 0.1) is 23.4 Å². The molecular weight excluding hydrogens is 337 g/mol. The first-order valence-corrected chi connectivity index (χ1v) is 8.23. The van der Waals surface area contributed by atoms with Gasteiger partial charge >= 0.3 is 11.9 Å². The fourth-order valence-electron chi connectivity index (χ4n) is 2.17. The van der Waals surface area contributed by atoms with Crippen LogP contribution in [0.15, 0.2) is 12.1 Å². The van der Waals surface area contributed by atoms with Crippen LogP contribution in [0.4, 0.5) is 13.2 Å². The second-order valence-corrected chi connectivity index (χ2v) is 6.04. The maximum absolute atomic E-state index is 13.4. The van der Waals surface area contributed by atoms with Gasteiger partial charge in [-0.3, -0.25) is 9.59 Å². The van der Waals surface area contributed by atoms with E-state index < -0.39 is 41.6 Å². The number of rotatable bonds is 9. The summed E-state index contributed by atoms with van der Waals surface area (Å²) in [4.78, 5) is 23.4. The molecule has 4 nitrogen and oxygen atoms in total. The summed E-state index contributed by atoms with van der Waals surface area (Å²) in [7, 11) is 0. The number of carbonyl (C=O) groups is 2. The Kier molecular flexibility index (Phi) is 8.45. The summed E-state index contributed by atoms with van der Waals surface area (Å²) in [5.41, 5.74) is -0.668. The van der Waals surface area contributed by atoms with Gasteiger partial charge in [-0.1, -0.05) is 27.2 Å². The van der Waals surface area contributed by atoms with Crippen LogP contribution in [0.1, 0.15) is 52.0 Å². The van der Waals surface area contributed by atoms with Crippen LogP contribution in [0.2, 0.25) is 0 Å². The average Bonchev–Trinajstić information content (AvgIpc) is 2.56. The van der Waals surface area contributed by atoms with E-state index >= 15 is 0 Å². The lowest BCUT2D eigenvalue weighted by Crippen LogP contribution is -2.24. The van der Waals surface area contributed by atoms with Gasteiger partial charge in [-0.25, -0.2) is 13.2 Å². The molecule has 0 amide bonds. The zero-order chi connectivity index (χ0) is 19.0. The van der Waals surface area contributed by atoms with Crippen LogP contribution in [0.3, 0.4) is 0 Å². The van der Waals surface area contributed by atoms with Crippen molar-refractivity contribution in [3.8, 4) is 0 Å². The summed E-state index contributed by atoms with van der Waals surface area (Å²) >= 11 is 0. The molecule has 0 aromatic heterocycles. The Morgan fingerprint density at radius 1 is 1.04 bits per heavy atom. The fraction of sp³-hybridized carbons (Fsp3) is 0.556. The molecule has 1 unspecified atom stereocenters. The summed E-state index contributed by atoms with van der Waals surface area (Å²) in [6.45, 7) is 5.10. The van der Waals surface area contributed by atoms with Crippen molar-refractivity contribution >= 4 is 11.9 Å². The lowest BCUT2D eigenvalue weighted by molar-refractivity contribution is -0.156. The minimum absolute atomic E-state index is 0.162. The molecule has 7 heteroatoms. The Morgan fingerprint density at radius 2 is 1.64 bits per heavy atom. The van der Waals surface area contributed by atoms with Gasteiger partial charge in [0.15, 0.2) is 11.6 Å². The normalized spacial score (nSPS) is 12.1. The van der Waals surface area contributed by atoms with Crippen LogP contribution in [0.5, 0.6) is 0 Å². The number of ether oxygens (including phenoxy) is 2. The Morgan fingerprint density at radius 3 is 2.24 bits per heavy atom. The molecule has 0 aliphatic heterocycles. The van der Waals surface area contributed by atoms with Crippen molar-refractivity contribution in [1.29, 1.82) is 0 Å². The highest BCUT2D eigenvalue weighted by Gasteiger charge is 2.19. The van der Waals surface area contributed by atoms with Crippen molar-refractivity contribution < 1.29 is 32.2 Å². The number of hydrogen-bond donors (Lipinski definition) is 0. The lowest BCUT2D eigenvalue weighted by atomic mass is 10.0. The number of benzene rings is 1. The van der Waals surface area contributed by atoms with Gasteiger partial charge in [0.25, 0.3) is 0 Å². The fourth-order valence-corrected chi connectivity index (χ4v) is 2.17. The molecule has 1 aromatic rings. The summed E-state index contributed by atoms with van der Waals surface area (Å²) in [5, 5.41) is 0. The van der Waals surface area contributed by atoms with Crippen LogP contribution in [-0.2, 0) is 25.7 Å². The predicted octanol–water partition coefficient (Wildman–Crippen LogP) is 4.30. The van der Waals surface area contributed by atoms with Crippen LogP contribution < -0.4 is 0 Å². The minimum atomic E-state index is -1.40. The van der Waals surface area contributed by atoms with Gasteiger partial charge in [-0.2, -0.15) is 0 Å². The predicted molar refractivity (Wildman–Crippen MR) is 85.0 cm³/mol. The van der Waals surface area contributed by atoms with Gasteiger partial charge in [0.05, 0.1) is 18.4 Å². The Bertz CT molecular complexity index is 602. The zero-order valence-electron chi connectivity index (χ0n) is 14.6. The van der Waals surface area contributed by atoms with E-state index in [1.807, 2.05) is 20.8 Å². The van der Waals surface area contributed by atoms with E-state index in [1.54, 1.807) is 0 Å². The highest BCUT2D eigenvalue weighted by molar-refractivity contribution is 5.77. The van der Waals surface area contributed by atoms with Crippen molar-refractivity contribution in [3.05, 3.63) is 35.1 Å². The molecule has 0 spiro atoms. The second kappa shape index (κ2) is 10.1. The van der Waals surface area contributed by atoms with Gasteiger partial charge < -0.3 is 9.47 Å². The van der Waals surface area contributed by atoms with E-state index in [4.69, 9.17) is 9.47 Å². The first-order chi connectivity index (χ1) is 11.8. The number of halogens is 3. The van der Waals surface area contributed by atoms with Gasteiger partial charge in [-0.05, 0) is 24.5 Å². The van der Waals surface area contributed by atoms with Crippen molar-refractivity contribution in [2.45, 2.75) is 59.2 Å². The van der Waals surface area contributed by atoms with Crippen molar-refractivity contribution in [2.24, 2.45) is 5.92 Å². The monoisotopic (exact) mass is 360 g/mol. The molecule has 0 aliphatic rings. The van der Waals surface area contributed by atoms with E-state index in [1.165, 1.54) is 0 Å². The second-order valence-electron chi connectivity index (χ2n) is 6.04. The molecule has 1 rings (SSSR count). The minimum Gasteiger partial charge on any atom is -0.462 e. The van der Waals surface area contributed by atoms with E-state index in [0.717, 1.165) is 18.9 Å². The maximum Gasteiger partial charge on any atom is 0.306 e. The molecular formula is C18H23F3O4. The van der Waals surface area contributed by atoms with Gasteiger partial charge in [0, 0.05) is 0 Å². The Hall–Kier alpha value is -2.05. The van der Waals surface area contributed by atoms with Crippen LogP contribution >= 0.6 is 0 Å². The zero-order valence-corrected chi connectivity index (χ0v) is 14.6. The third kappa shape index (κ3) is 6.76. The van der Waals surface area contributed by atoms with Crippen LogP contribution in [0.25, 0.3) is 0 Å². The molecule has 140 valence electrons. The summed E-state index contributed by atoms with van der Waals surface area (Å²) in [6.07, 6.45) is 0.896. The first-order valence-electron chi connectivity index (χ1n) is 8.23. The lowest BCUT2D eigenvalue weighted by Gasteiger charge is -2.20. The molecule has 25 heavy (non-hydrogen) atoms. The maximum atomic E-state index is 13.4. The number of esters is 2. The summed E-state index contributed by atoms with van der Waals surface area (Å²) < 4.78 is 49.9. The van der Waals surface area contributed by atoms with Crippen molar-refractivity contribution in [3.63, 3.8) is 0 Å².